The highest BCUT2D eigenvalue weighted by Crippen LogP contribution is 2.22. The minimum Gasteiger partial charge on any atom is -0.305 e. The van der Waals surface area contributed by atoms with E-state index in [2.05, 4.69) is 5.48 Å². The molecule has 1 aliphatic carbocycles. The number of nitrogens with one attached hydrogen (secondary N) is 1. The number of hydrogen-bond donors (Lipinski definition) is 1. The van der Waals surface area contributed by atoms with Gasteiger partial charge in [0.05, 0.1) is 7.11 Å². The van der Waals surface area contributed by atoms with Gasteiger partial charge in [-0.3, -0.25) is 0 Å². The Hall–Kier alpha value is -0.0800. The average molecular weight is 143 g/mol. The van der Waals surface area contributed by atoms with Crippen molar-refractivity contribution in [2.75, 3.05) is 13.7 Å². The highest BCUT2D eigenvalue weighted by molar-refractivity contribution is 4.65. The maximum atomic E-state index is 4.79. The van der Waals surface area contributed by atoms with Crippen LogP contribution in [0.5, 0.6) is 0 Å². The average Bonchev–Trinajstić information content (AvgIpc) is 2.03. The summed E-state index contributed by atoms with van der Waals surface area (Å²) in [4.78, 5) is 4.79. The summed E-state index contributed by atoms with van der Waals surface area (Å²) in [6, 6.07) is 0. The van der Waals surface area contributed by atoms with E-state index in [-0.39, 0.29) is 0 Å². The van der Waals surface area contributed by atoms with E-state index >= 15 is 0 Å². The van der Waals surface area contributed by atoms with Crippen LogP contribution in [0, 0.1) is 5.92 Å². The van der Waals surface area contributed by atoms with Crippen molar-refractivity contribution in [1.29, 1.82) is 0 Å². The largest absolute Gasteiger partial charge is 0.305 e. The standard InChI is InChI=1S/C8H17NO/c1-10-9-7-8-5-3-2-4-6-8/h8-9H,2-7H2,1H3. The van der Waals surface area contributed by atoms with Gasteiger partial charge in [0.15, 0.2) is 0 Å². The molecule has 1 N–H and O–H groups in total. The minimum absolute atomic E-state index is 0.869. The fraction of sp³-hybridized carbons (Fsp3) is 1.00. The van der Waals surface area contributed by atoms with Gasteiger partial charge in [0.1, 0.15) is 0 Å². The summed E-state index contributed by atoms with van der Waals surface area (Å²) in [5.41, 5.74) is 2.92. The minimum atomic E-state index is 0.869. The zero-order valence-corrected chi connectivity index (χ0v) is 6.73. The Kier molecular flexibility index (Phi) is 3.76. The molecule has 0 spiro atoms. The van der Waals surface area contributed by atoms with Crippen LogP contribution in [0.2, 0.25) is 0 Å². The van der Waals surface area contributed by atoms with Crippen molar-refractivity contribution in [2.24, 2.45) is 5.92 Å². The number of hydrogen-bond acceptors (Lipinski definition) is 2. The van der Waals surface area contributed by atoms with E-state index in [9.17, 15) is 0 Å². The Morgan fingerprint density at radius 1 is 1.30 bits per heavy atom. The van der Waals surface area contributed by atoms with Crippen LogP contribution in [0.3, 0.4) is 0 Å². The molecule has 0 atom stereocenters. The van der Waals surface area contributed by atoms with Crippen LogP contribution in [0.15, 0.2) is 0 Å². The van der Waals surface area contributed by atoms with Crippen molar-refractivity contribution in [3.63, 3.8) is 0 Å². The molecule has 1 rings (SSSR count). The molecule has 0 amide bonds. The van der Waals surface area contributed by atoms with E-state index < -0.39 is 0 Å². The molecule has 0 heterocycles. The molecule has 0 saturated heterocycles. The lowest BCUT2D eigenvalue weighted by molar-refractivity contribution is 0.0744. The van der Waals surface area contributed by atoms with Gasteiger partial charge in [-0.05, 0) is 18.8 Å². The van der Waals surface area contributed by atoms with Crippen LogP contribution in [-0.2, 0) is 4.84 Å². The van der Waals surface area contributed by atoms with Gasteiger partial charge < -0.3 is 4.84 Å². The van der Waals surface area contributed by atoms with Crippen molar-refractivity contribution in [3.05, 3.63) is 0 Å². The predicted molar refractivity (Wildman–Crippen MR) is 41.6 cm³/mol. The van der Waals surface area contributed by atoms with Crippen LogP contribution >= 0.6 is 0 Å². The monoisotopic (exact) mass is 143 g/mol. The summed E-state index contributed by atoms with van der Waals surface area (Å²) in [6.45, 7) is 1.04. The van der Waals surface area contributed by atoms with Gasteiger partial charge in [0.25, 0.3) is 0 Å². The van der Waals surface area contributed by atoms with Crippen molar-refractivity contribution in [3.8, 4) is 0 Å². The molecule has 1 fully saturated rings. The van der Waals surface area contributed by atoms with Crippen LogP contribution in [-0.4, -0.2) is 13.7 Å². The lowest BCUT2D eigenvalue weighted by Crippen LogP contribution is -2.23. The van der Waals surface area contributed by atoms with Gasteiger partial charge in [-0.25, -0.2) is 5.48 Å². The third kappa shape index (κ3) is 2.67. The Bertz CT molecular complexity index is 79.3. The molecule has 0 aromatic carbocycles. The first-order valence-electron chi connectivity index (χ1n) is 4.19. The zero-order chi connectivity index (χ0) is 7.23. The molecule has 1 saturated carbocycles. The Morgan fingerprint density at radius 2 is 2.00 bits per heavy atom. The van der Waals surface area contributed by atoms with Crippen molar-refractivity contribution in [2.45, 2.75) is 32.1 Å². The quantitative estimate of drug-likeness (QED) is 0.607. The molecule has 0 aliphatic heterocycles. The number of hydroxylamine groups is 1. The second-order valence-electron chi connectivity index (χ2n) is 3.06. The topological polar surface area (TPSA) is 21.3 Å². The van der Waals surface area contributed by atoms with Crippen molar-refractivity contribution in [1.82, 2.24) is 5.48 Å². The fourth-order valence-corrected chi connectivity index (χ4v) is 1.59. The molecule has 60 valence electrons. The van der Waals surface area contributed by atoms with Crippen LogP contribution in [0.25, 0.3) is 0 Å². The summed E-state index contributed by atoms with van der Waals surface area (Å²) in [6.07, 6.45) is 7.03. The maximum absolute atomic E-state index is 4.79. The molecule has 2 nitrogen and oxygen atoms in total. The third-order valence-corrected chi connectivity index (χ3v) is 2.24. The second kappa shape index (κ2) is 4.69. The van der Waals surface area contributed by atoms with Gasteiger partial charge in [0, 0.05) is 6.54 Å². The molecule has 0 aromatic rings. The van der Waals surface area contributed by atoms with E-state index in [1.54, 1.807) is 7.11 Å². The van der Waals surface area contributed by atoms with Gasteiger partial charge in [-0.1, -0.05) is 19.3 Å². The summed E-state index contributed by atoms with van der Waals surface area (Å²) < 4.78 is 0. The SMILES string of the molecule is CONCC1CCCCC1. The molecule has 2 heteroatoms. The van der Waals surface area contributed by atoms with Gasteiger partial charge >= 0.3 is 0 Å². The van der Waals surface area contributed by atoms with Crippen molar-refractivity contribution >= 4 is 0 Å². The lowest BCUT2D eigenvalue weighted by atomic mass is 9.89. The van der Waals surface area contributed by atoms with Crippen LogP contribution in [0.1, 0.15) is 32.1 Å². The molecule has 0 unspecified atom stereocenters. The number of rotatable bonds is 3. The Balaban J connectivity index is 2.02. The van der Waals surface area contributed by atoms with Gasteiger partial charge in [-0.2, -0.15) is 0 Å². The molecular weight excluding hydrogens is 126 g/mol. The van der Waals surface area contributed by atoms with Gasteiger partial charge in [0.2, 0.25) is 0 Å². The molecule has 10 heavy (non-hydrogen) atoms. The first-order valence-corrected chi connectivity index (χ1v) is 4.19. The highest BCUT2D eigenvalue weighted by atomic mass is 16.6. The summed E-state index contributed by atoms with van der Waals surface area (Å²) in [7, 11) is 1.68. The smallest absolute Gasteiger partial charge is 0.0572 e. The normalized spacial score (nSPS) is 21.3. The first kappa shape index (κ1) is 8.02. The molecular formula is C8H17NO. The van der Waals surface area contributed by atoms with E-state index in [1.807, 2.05) is 0 Å². The van der Waals surface area contributed by atoms with E-state index in [0.717, 1.165) is 12.5 Å². The first-order chi connectivity index (χ1) is 4.93. The van der Waals surface area contributed by atoms with Crippen LogP contribution < -0.4 is 5.48 Å². The summed E-state index contributed by atoms with van der Waals surface area (Å²) >= 11 is 0. The lowest BCUT2D eigenvalue weighted by Gasteiger charge is -2.20. The summed E-state index contributed by atoms with van der Waals surface area (Å²) in [5, 5.41) is 0. The Labute approximate surface area is 62.9 Å². The molecule has 0 aromatic heterocycles. The van der Waals surface area contributed by atoms with Crippen molar-refractivity contribution < 1.29 is 4.84 Å². The fourth-order valence-electron chi connectivity index (χ4n) is 1.59. The van der Waals surface area contributed by atoms with Crippen LogP contribution in [0.4, 0.5) is 0 Å². The van der Waals surface area contributed by atoms with E-state index in [1.165, 1.54) is 32.1 Å². The third-order valence-electron chi connectivity index (χ3n) is 2.24. The summed E-state index contributed by atoms with van der Waals surface area (Å²) in [5.74, 6) is 0.869. The van der Waals surface area contributed by atoms with E-state index in [0.29, 0.717) is 0 Å². The predicted octanol–water partition coefficient (Wildman–Crippen LogP) is 1.72. The zero-order valence-electron chi connectivity index (χ0n) is 6.73. The Morgan fingerprint density at radius 3 is 2.60 bits per heavy atom. The molecule has 0 bridgehead atoms. The second-order valence-corrected chi connectivity index (χ2v) is 3.06. The molecule has 0 radical (unpaired) electrons. The maximum Gasteiger partial charge on any atom is 0.0572 e. The van der Waals surface area contributed by atoms with E-state index in [4.69, 9.17) is 4.84 Å². The molecule has 1 aliphatic rings. The highest BCUT2D eigenvalue weighted by Gasteiger charge is 2.11. The van der Waals surface area contributed by atoms with Gasteiger partial charge in [-0.15, -0.1) is 0 Å².